The summed E-state index contributed by atoms with van der Waals surface area (Å²) in [5, 5.41) is 9.48. The summed E-state index contributed by atoms with van der Waals surface area (Å²) in [6.07, 6.45) is 1.62. The predicted octanol–water partition coefficient (Wildman–Crippen LogP) is 6.48. The van der Waals surface area contributed by atoms with E-state index in [0.29, 0.717) is 40.4 Å². The number of halogens is 3. The molecule has 2 heterocycles. The molecule has 4 aromatic rings. The van der Waals surface area contributed by atoms with E-state index >= 15 is 0 Å². The van der Waals surface area contributed by atoms with Gasteiger partial charge in [0.25, 0.3) is 5.91 Å². The highest BCUT2D eigenvalue weighted by molar-refractivity contribution is 6.05. The van der Waals surface area contributed by atoms with Gasteiger partial charge in [-0.25, -0.2) is 13.2 Å². The van der Waals surface area contributed by atoms with Gasteiger partial charge in [-0.2, -0.15) is 0 Å². The van der Waals surface area contributed by atoms with Gasteiger partial charge in [0.05, 0.1) is 0 Å². The Bertz CT molecular complexity index is 1650. The number of anilines is 1. The Hall–Kier alpha value is -4.34. The molecular weight excluding hydrogens is 555 g/mol. The quantitative estimate of drug-likeness (QED) is 0.220. The zero-order valence-electron chi connectivity index (χ0n) is 23.7. The normalized spacial score (nSPS) is 18.0. The third-order valence-electron chi connectivity index (χ3n) is 7.81. The topological polar surface area (TPSA) is 71.6 Å². The SMILES string of the molecule is Cc1cc(F)ccc1-c1cc(NC(=O)c2ccc(O[C@H]3CCNC3)c(-c3ccc(F)c(F)c3)c2)ccc1O[C@H]1CCNC1. The maximum Gasteiger partial charge on any atom is 0.255 e. The third kappa shape index (κ3) is 6.53. The number of carbonyl (C=O) groups excluding carboxylic acids is 1. The molecule has 0 unspecified atom stereocenters. The summed E-state index contributed by atoms with van der Waals surface area (Å²) in [6, 6.07) is 18.5. The molecule has 3 N–H and O–H groups in total. The third-order valence-corrected chi connectivity index (χ3v) is 7.81. The van der Waals surface area contributed by atoms with E-state index in [4.69, 9.17) is 9.47 Å². The van der Waals surface area contributed by atoms with Crippen LogP contribution in [0.2, 0.25) is 0 Å². The van der Waals surface area contributed by atoms with Gasteiger partial charge in [0.1, 0.15) is 29.5 Å². The molecule has 0 saturated carbocycles. The van der Waals surface area contributed by atoms with E-state index in [1.54, 1.807) is 30.3 Å². The molecule has 0 spiro atoms. The molecule has 2 aliphatic heterocycles. The molecule has 2 aliphatic rings. The standard InChI is InChI=1S/C34H32F3N3O3/c1-20-14-23(35)4-6-27(20)29-17-24(5-9-33(29)43-26-11-13-39-19-26)40-34(41)22-3-8-32(42-25-10-12-38-18-25)28(15-22)21-2-7-30(36)31(37)16-21/h2-9,14-17,25-26,38-39H,10-13,18-19H2,1H3,(H,40,41)/t25-,26-/m0/s1. The summed E-state index contributed by atoms with van der Waals surface area (Å²) in [4.78, 5) is 13.5. The second kappa shape index (κ2) is 12.5. The van der Waals surface area contributed by atoms with E-state index in [9.17, 15) is 18.0 Å². The van der Waals surface area contributed by atoms with Crippen LogP contribution in [0.4, 0.5) is 18.9 Å². The molecule has 1 amide bonds. The van der Waals surface area contributed by atoms with Crippen LogP contribution in [-0.2, 0) is 0 Å². The number of aryl methyl sites for hydroxylation is 1. The van der Waals surface area contributed by atoms with E-state index in [1.807, 2.05) is 19.1 Å². The van der Waals surface area contributed by atoms with Gasteiger partial charge in [0, 0.05) is 35.5 Å². The lowest BCUT2D eigenvalue weighted by atomic mass is 9.98. The molecule has 2 saturated heterocycles. The number of benzene rings is 4. The summed E-state index contributed by atoms with van der Waals surface area (Å²) in [6.45, 7) is 4.93. The molecule has 6 rings (SSSR count). The van der Waals surface area contributed by atoms with E-state index in [0.717, 1.165) is 61.3 Å². The second-order valence-electron chi connectivity index (χ2n) is 10.9. The maximum absolute atomic E-state index is 14.2. The van der Waals surface area contributed by atoms with Crippen LogP contribution in [0.3, 0.4) is 0 Å². The van der Waals surface area contributed by atoms with E-state index in [2.05, 4.69) is 16.0 Å². The van der Waals surface area contributed by atoms with Gasteiger partial charge in [-0.05, 0) is 110 Å². The highest BCUT2D eigenvalue weighted by Crippen LogP contribution is 2.37. The van der Waals surface area contributed by atoms with Crippen molar-refractivity contribution in [2.45, 2.75) is 32.0 Å². The summed E-state index contributed by atoms with van der Waals surface area (Å²) in [5.74, 6) is -1.54. The van der Waals surface area contributed by atoms with Gasteiger partial charge in [-0.15, -0.1) is 0 Å². The Morgan fingerprint density at radius 3 is 2.09 bits per heavy atom. The van der Waals surface area contributed by atoms with Gasteiger partial charge in [-0.1, -0.05) is 12.1 Å². The summed E-state index contributed by atoms with van der Waals surface area (Å²) < 4.78 is 54.3. The molecule has 9 heteroatoms. The average Bonchev–Trinajstić information content (AvgIpc) is 3.70. The van der Waals surface area contributed by atoms with Gasteiger partial charge in [0.2, 0.25) is 0 Å². The number of ether oxygens (including phenoxy) is 2. The number of nitrogens with one attached hydrogen (secondary N) is 3. The molecular formula is C34H32F3N3O3. The Kier molecular flexibility index (Phi) is 8.35. The molecule has 0 bridgehead atoms. The highest BCUT2D eigenvalue weighted by atomic mass is 19.2. The number of amides is 1. The smallest absolute Gasteiger partial charge is 0.255 e. The number of hydrogen-bond donors (Lipinski definition) is 3. The Morgan fingerprint density at radius 2 is 1.44 bits per heavy atom. The number of carbonyl (C=O) groups is 1. The van der Waals surface area contributed by atoms with Gasteiger partial charge < -0.3 is 25.4 Å². The molecule has 2 atom stereocenters. The monoisotopic (exact) mass is 587 g/mol. The van der Waals surface area contributed by atoms with Crippen LogP contribution in [0.5, 0.6) is 11.5 Å². The van der Waals surface area contributed by atoms with Crippen LogP contribution in [0.1, 0.15) is 28.8 Å². The fourth-order valence-electron chi connectivity index (χ4n) is 5.53. The Labute approximate surface area is 248 Å². The minimum absolute atomic E-state index is 0.00964. The maximum atomic E-state index is 14.2. The van der Waals surface area contributed by atoms with E-state index in [1.165, 1.54) is 18.2 Å². The minimum Gasteiger partial charge on any atom is -0.488 e. The first kappa shape index (κ1) is 28.8. The second-order valence-corrected chi connectivity index (χ2v) is 10.9. The van der Waals surface area contributed by atoms with Crippen molar-refractivity contribution in [2.24, 2.45) is 0 Å². The van der Waals surface area contributed by atoms with E-state index < -0.39 is 17.5 Å². The zero-order chi connectivity index (χ0) is 29.9. The van der Waals surface area contributed by atoms with Crippen molar-refractivity contribution >= 4 is 11.6 Å². The molecule has 0 aromatic heterocycles. The first-order valence-corrected chi connectivity index (χ1v) is 14.4. The Morgan fingerprint density at radius 1 is 0.744 bits per heavy atom. The van der Waals surface area contributed by atoms with Crippen molar-refractivity contribution < 1.29 is 27.4 Å². The van der Waals surface area contributed by atoms with Crippen LogP contribution >= 0.6 is 0 Å². The lowest BCUT2D eigenvalue weighted by molar-refractivity contribution is 0.102. The van der Waals surface area contributed by atoms with E-state index in [-0.39, 0.29) is 18.0 Å². The predicted molar refractivity (Wildman–Crippen MR) is 160 cm³/mol. The van der Waals surface area contributed by atoms with Gasteiger partial charge in [-0.3, -0.25) is 4.79 Å². The van der Waals surface area contributed by atoms with Crippen LogP contribution in [0.25, 0.3) is 22.3 Å². The zero-order valence-corrected chi connectivity index (χ0v) is 23.7. The largest absolute Gasteiger partial charge is 0.488 e. The lowest BCUT2D eigenvalue weighted by Crippen LogP contribution is -2.20. The Balaban J connectivity index is 1.31. The van der Waals surface area contributed by atoms with Gasteiger partial charge in [0.15, 0.2) is 11.6 Å². The molecule has 222 valence electrons. The van der Waals surface area contributed by atoms with Crippen molar-refractivity contribution in [3.8, 4) is 33.8 Å². The van der Waals surface area contributed by atoms with Crippen LogP contribution in [-0.4, -0.2) is 44.3 Å². The van der Waals surface area contributed by atoms with Crippen molar-refractivity contribution in [1.82, 2.24) is 10.6 Å². The minimum atomic E-state index is -0.986. The van der Waals surface area contributed by atoms with Crippen LogP contribution in [0.15, 0.2) is 72.8 Å². The first-order valence-electron chi connectivity index (χ1n) is 14.4. The lowest BCUT2D eigenvalue weighted by Gasteiger charge is -2.19. The molecule has 4 aromatic carbocycles. The molecule has 43 heavy (non-hydrogen) atoms. The van der Waals surface area contributed by atoms with Crippen molar-refractivity contribution in [3.05, 3.63) is 101 Å². The average molecular weight is 588 g/mol. The number of hydrogen-bond acceptors (Lipinski definition) is 5. The molecule has 0 aliphatic carbocycles. The fraction of sp³-hybridized carbons (Fsp3) is 0.265. The fourth-order valence-corrected chi connectivity index (χ4v) is 5.53. The van der Waals surface area contributed by atoms with Crippen LogP contribution < -0.4 is 25.4 Å². The molecule has 2 fully saturated rings. The summed E-state index contributed by atoms with van der Waals surface area (Å²) in [7, 11) is 0. The van der Waals surface area contributed by atoms with Crippen LogP contribution in [0, 0.1) is 24.4 Å². The molecule has 0 radical (unpaired) electrons. The van der Waals surface area contributed by atoms with Crippen molar-refractivity contribution in [3.63, 3.8) is 0 Å². The first-order chi connectivity index (χ1) is 20.8. The summed E-state index contributed by atoms with van der Waals surface area (Å²) in [5.41, 5.74) is 3.98. The highest BCUT2D eigenvalue weighted by Gasteiger charge is 2.22. The molecule has 6 nitrogen and oxygen atoms in total. The van der Waals surface area contributed by atoms with Crippen molar-refractivity contribution in [2.75, 3.05) is 31.5 Å². The number of rotatable bonds is 8. The summed E-state index contributed by atoms with van der Waals surface area (Å²) >= 11 is 0. The van der Waals surface area contributed by atoms with Crippen molar-refractivity contribution in [1.29, 1.82) is 0 Å². The van der Waals surface area contributed by atoms with Gasteiger partial charge >= 0.3 is 0 Å².